The Morgan fingerprint density at radius 2 is 1.70 bits per heavy atom. The van der Waals surface area contributed by atoms with Crippen LogP contribution in [0.3, 0.4) is 0 Å². The van der Waals surface area contributed by atoms with Crippen LogP contribution in [0.1, 0.15) is 16.2 Å². The molecule has 2 aliphatic heterocycles. The lowest BCUT2D eigenvalue weighted by Crippen LogP contribution is -2.33. The molecule has 0 radical (unpaired) electrons. The van der Waals surface area contributed by atoms with Crippen LogP contribution < -0.4 is 0 Å². The number of aliphatic carboxylic acids is 1. The maximum absolute atomic E-state index is 12.5. The number of hydrogen-bond donors (Lipinski definition) is 1. The van der Waals surface area contributed by atoms with Gasteiger partial charge in [0.1, 0.15) is 5.69 Å². The van der Waals surface area contributed by atoms with Crippen molar-refractivity contribution in [3.63, 3.8) is 0 Å². The number of carbonyl (C=O) groups is 2. The fraction of sp³-hybridized carbons (Fsp3) is 0.421. The monoisotopic (exact) mass is 423 g/mol. The van der Waals surface area contributed by atoms with E-state index in [1.54, 1.807) is 18.6 Å². The zero-order valence-electron chi connectivity index (χ0n) is 15.9. The summed E-state index contributed by atoms with van der Waals surface area (Å²) in [5.41, 5.74) is 1.55. The fourth-order valence-corrected chi connectivity index (χ4v) is 3.68. The van der Waals surface area contributed by atoms with Crippen LogP contribution in [0.5, 0.6) is 0 Å². The highest BCUT2D eigenvalue weighted by Crippen LogP contribution is 2.32. The number of alkyl halides is 3. The van der Waals surface area contributed by atoms with Gasteiger partial charge in [-0.15, -0.1) is 0 Å². The predicted octanol–water partition coefficient (Wildman–Crippen LogP) is 1.71. The minimum absolute atomic E-state index is 0.00350. The molecule has 0 aromatic carbocycles. The van der Waals surface area contributed by atoms with Gasteiger partial charge in [0.2, 0.25) is 0 Å². The van der Waals surface area contributed by atoms with Gasteiger partial charge in [-0.25, -0.2) is 9.78 Å². The normalized spacial score (nSPS) is 21.0. The maximum atomic E-state index is 12.5. The van der Waals surface area contributed by atoms with Crippen molar-refractivity contribution in [1.82, 2.24) is 24.8 Å². The van der Waals surface area contributed by atoms with Crippen LogP contribution >= 0.6 is 0 Å². The van der Waals surface area contributed by atoms with E-state index < -0.39 is 12.1 Å². The molecule has 11 heteroatoms. The van der Waals surface area contributed by atoms with Crippen molar-refractivity contribution in [2.45, 2.75) is 12.7 Å². The minimum Gasteiger partial charge on any atom is -0.475 e. The SMILES string of the molecule is O=C(O)C(F)(F)F.O=C(c1cnccn1)N1C[C@H]2CN(Cc3ccccn3)C[C@H]2C1. The van der Waals surface area contributed by atoms with Gasteiger partial charge in [-0.3, -0.25) is 19.7 Å². The van der Waals surface area contributed by atoms with Gasteiger partial charge in [0.15, 0.2) is 0 Å². The summed E-state index contributed by atoms with van der Waals surface area (Å²) in [6.45, 7) is 4.60. The van der Waals surface area contributed by atoms with Crippen molar-refractivity contribution < 1.29 is 27.9 Å². The largest absolute Gasteiger partial charge is 0.490 e. The van der Waals surface area contributed by atoms with Crippen molar-refractivity contribution in [3.05, 3.63) is 54.4 Å². The average Bonchev–Trinajstić information content (AvgIpc) is 3.27. The molecule has 4 heterocycles. The van der Waals surface area contributed by atoms with Gasteiger partial charge in [0, 0.05) is 51.3 Å². The lowest BCUT2D eigenvalue weighted by atomic mass is 10.0. The van der Waals surface area contributed by atoms with Crippen molar-refractivity contribution >= 4 is 11.9 Å². The van der Waals surface area contributed by atoms with Crippen LogP contribution in [0.15, 0.2) is 43.0 Å². The van der Waals surface area contributed by atoms with Crippen molar-refractivity contribution in [2.24, 2.45) is 11.8 Å². The third kappa shape index (κ3) is 5.50. The molecule has 0 bridgehead atoms. The molecule has 1 N–H and O–H groups in total. The Bertz CT molecular complexity index is 853. The smallest absolute Gasteiger partial charge is 0.475 e. The fourth-order valence-electron chi connectivity index (χ4n) is 3.68. The van der Waals surface area contributed by atoms with Crippen molar-refractivity contribution in [1.29, 1.82) is 0 Å². The summed E-state index contributed by atoms with van der Waals surface area (Å²) >= 11 is 0. The predicted molar refractivity (Wildman–Crippen MR) is 98.1 cm³/mol. The quantitative estimate of drug-likeness (QED) is 0.802. The molecule has 2 aliphatic rings. The summed E-state index contributed by atoms with van der Waals surface area (Å²) in [4.78, 5) is 38.2. The van der Waals surface area contributed by atoms with Crippen molar-refractivity contribution in [3.8, 4) is 0 Å². The molecule has 160 valence electrons. The van der Waals surface area contributed by atoms with E-state index in [0.29, 0.717) is 17.5 Å². The number of fused-ring (bicyclic) bond motifs is 1. The van der Waals surface area contributed by atoms with Gasteiger partial charge < -0.3 is 10.0 Å². The Balaban J connectivity index is 0.000000318. The van der Waals surface area contributed by atoms with Crippen LogP contribution in [0, 0.1) is 11.8 Å². The Morgan fingerprint density at radius 1 is 1.03 bits per heavy atom. The molecule has 8 nitrogen and oxygen atoms in total. The Kier molecular flexibility index (Phi) is 6.60. The van der Waals surface area contributed by atoms with Crippen LogP contribution in [-0.4, -0.2) is 74.1 Å². The summed E-state index contributed by atoms with van der Waals surface area (Å²) in [5, 5.41) is 7.12. The van der Waals surface area contributed by atoms with E-state index in [0.717, 1.165) is 38.4 Å². The summed E-state index contributed by atoms with van der Waals surface area (Å²) in [7, 11) is 0. The van der Waals surface area contributed by atoms with E-state index in [2.05, 4.69) is 25.9 Å². The molecule has 0 aliphatic carbocycles. The number of amides is 1. The number of likely N-dealkylation sites (tertiary alicyclic amines) is 2. The number of carboxylic acid groups (broad SMARTS) is 1. The topological polar surface area (TPSA) is 99.5 Å². The van der Waals surface area contributed by atoms with E-state index >= 15 is 0 Å². The molecule has 1 amide bonds. The number of carboxylic acids is 1. The lowest BCUT2D eigenvalue weighted by Gasteiger charge is -2.21. The maximum Gasteiger partial charge on any atom is 0.490 e. The second kappa shape index (κ2) is 9.16. The van der Waals surface area contributed by atoms with Crippen LogP contribution in [0.4, 0.5) is 13.2 Å². The summed E-state index contributed by atoms with van der Waals surface area (Å²) in [6, 6.07) is 6.04. The number of carbonyl (C=O) groups excluding carboxylic acids is 1. The standard InChI is InChI=1S/C17H19N5O.C2HF3O2/c23-17(16-7-18-5-6-20-16)22-10-13-8-21(9-14(13)11-22)12-15-3-1-2-4-19-15;3-2(4,5)1(6)7/h1-7,13-14H,8-12H2;(H,6,7)/t13-,14+;. The second-order valence-electron chi connectivity index (χ2n) is 7.14. The first-order valence-corrected chi connectivity index (χ1v) is 9.21. The molecule has 2 saturated heterocycles. The summed E-state index contributed by atoms with van der Waals surface area (Å²) < 4.78 is 31.7. The van der Waals surface area contributed by atoms with Gasteiger partial charge >= 0.3 is 12.1 Å². The summed E-state index contributed by atoms with van der Waals surface area (Å²) in [5.74, 6) is -1.64. The summed E-state index contributed by atoms with van der Waals surface area (Å²) in [6.07, 6.45) is 1.46. The van der Waals surface area contributed by atoms with Gasteiger partial charge in [-0.1, -0.05) is 6.07 Å². The Labute approximate surface area is 170 Å². The molecule has 2 atom stereocenters. The highest BCUT2D eigenvalue weighted by Gasteiger charge is 2.42. The number of halogens is 3. The van der Waals surface area contributed by atoms with E-state index in [9.17, 15) is 18.0 Å². The molecule has 0 unspecified atom stereocenters. The minimum atomic E-state index is -5.08. The number of nitrogens with zero attached hydrogens (tertiary/aromatic N) is 5. The van der Waals surface area contributed by atoms with E-state index in [1.807, 2.05) is 23.2 Å². The Morgan fingerprint density at radius 3 is 2.20 bits per heavy atom. The highest BCUT2D eigenvalue weighted by atomic mass is 19.4. The third-order valence-corrected chi connectivity index (χ3v) is 4.99. The van der Waals surface area contributed by atoms with Gasteiger partial charge in [-0.2, -0.15) is 13.2 Å². The second-order valence-corrected chi connectivity index (χ2v) is 7.14. The first-order valence-electron chi connectivity index (χ1n) is 9.21. The number of aromatic nitrogens is 3. The molecule has 2 fully saturated rings. The molecule has 0 saturated carbocycles. The molecule has 2 aromatic heterocycles. The zero-order valence-corrected chi connectivity index (χ0v) is 15.9. The van der Waals surface area contributed by atoms with Crippen LogP contribution in [0.25, 0.3) is 0 Å². The molecule has 30 heavy (non-hydrogen) atoms. The number of rotatable bonds is 3. The number of hydrogen-bond acceptors (Lipinski definition) is 6. The molecule has 0 spiro atoms. The van der Waals surface area contributed by atoms with E-state index in [1.165, 1.54) is 0 Å². The molecule has 4 rings (SSSR count). The first kappa shape index (κ1) is 21.6. The van der Waals surface area contributed by atoms with Gasteiger partial charge in [0.05, 0.1) is 11.9 Å². The lowest BCUT2D eigenvalue weighted by molar-refractivity contribution is -0.192. The first-order chi connectivity index (χ1) is 14.2. The third-order valence-electron chi connectivity index (χ3n) is 4.99. The molecule has 2 aromatic rings. The van der Waals surface area contributed by atoms with Crippen molar-refractivity contribution in [2.75, 3.05) is 26.2 Å². The van der Waals surface area contributed by atoms with E-state index in [-0.39, 0.29) is 5.91 Å². The number of pyridine rings is 1. The van der Waals surface area contributed by atoms with Gasteiger partial charge in [-0.05, 0) is 24.0 Å². The molecular formula is C19H20F3N5O3. The van der Waals surface area contributed by atoms with E-state index in [4.69, 9.17) is 9.90 Å². The molecular weight excluding hydrogens is 403 g/mol. The highest BCUT2D eigenvalue weighted by molar-refractivity contribution is 5.92. The van der Waals surface area contributed by atoms with Crippen LogP contribution in [0.2, 0.25) is 0 Å². The zero-order chi connectivity index (χ0) is 21.7. The van der Waals surface area contributed by atoms with Gasteiger partial charge in [0.25, 0.3) is 5.91 Å². The van der Waals surface area contributed by atoms with Crippen LogP contribution in [-0.2, 0) is 11.3 Å². The average molecular weight is 423 g/mol. The Hall–Kier alpha value is -3.08.